The molecule has 25 heavy (non-hydrogen) atoms. The molecular formula is C19H20N2O2S2. The van der Waals surface area contributed by atoms with Gasteiger partial charge in [0.05, 0.1) is 12.3 Å². The first-order chi connectivity index (χ1) is 12.0. The molecule has 0 atom stereocenters. The SMILES string of the molecule is CCOc1ccc(N2C(=O)/C(=C/c3ccc(CC)s3)N(C)C2=S)cc1. The molecule has 1 saturated heterocycles. The monoisotopic (exact) mass is 372 g/mol. The number of hydrogen-bond donors (Lipinski definition) is 0. The number of benzene rings is 1. The van der Waals surface area contributed by atoms with Gasteiger partial charge in [-0.25, -0.2) is 0 Å². The van der Waals surface area contributed by atoms with Gasteiger partial charge in [-0.1, -0.05) is 6.92 Å². The second-order valence-electron chi connectivity index (χ2n) is 5.60. The Hall–Kier alpha value is -2.18. The zero-order valence-corrected chi connectivity index (χ0v) is 16.1. The Morgan fingerprint density at radius 3 is 2.48 bits per heavy atom. The van der Waals surface area contributed by atoms with Crippen LogP contribution in [0.5, 0.6) is 5.75 Å². The predicted molar refractivity (Wildman–Crippen MR) is 107 cm³/mol. The fourth-order valence-electron chi connectivity index (χ4n) is 2.64. The molecule has 1 aliphatic heterocycles. The molecule has 4 nitrogen and oxygen atoms in total. The maximum Gasteiger partial charge on any atom is 0.281 e. The van der Waals surface area contributed by atoms with Crippen LogP contribution < -0.4 is 9.64 Å². The molecule has 1 aromatic carbocycles. The van der Waals surface area contributed by atoms with Crippen LogP contribution in [0.25, 0.3) is 6.08 Å². The van der Waals surface area contributed by atoms with Crippen molar-refractivity contribution in [2.24, 2.45) is 0 Å². The van der Waals surface area contributed by atoms with E-state index < -0.39 is 0 Å². The van der Waals surface area contributed by atoms with Gasteiger partial charge in [0.2, 0.25) is 0 Å². The van der Waals surface area contributed by atoms with Gasteiger partial charge in [-0.2, -0.15) is 0 Å². The zero-order valence-electron chi connectivity index (χ0n) is 14.5. The van der Waals surface area contributed by atoms with Crippen molar-refractivity contribution < 1.29 is 9.53 Å². The predicted octanol–water partition coefficient (Wildman–Crippen LogP) is 4.31. The first-order valence-electron chi connectivity index (χ1n) is 8.20. The number of hydrogen-bond acceptors (Lipinski definition) is 4. The van der Waals surface area contributed by atoms with E-state index in [1.165, 1.54) is 4.88 Å². The third-order valence-corrected chi connectivity index (χ3v) is 5.61. The smallest absolute Gasteiger partial charge is 0.281 e. The summed E-state index contributed by atoms with van der Waals surface area (Å²) in [6.45, 7) is 4.67. The number of nitrogens with zero attached hydrogens (tertiary/aromatic N) is 2. The van der Waals surface area contributed by atoms with E-state index in [2.05, 4.69) is 13.0 Å². The lowest BCUT2D eigenvalue weighted by molar-refractivity contribution is -0.114. The van der Waals surface area contributed by atoms with Gasteiger partial charge in [0.15, 0.2) is 5.11 Å². The summed E-state index contributed by atoms with van der Waals surface area (Å²) < 4.78 is 5.45. The van der Waals surface area contributed by atoms with Gasteiger partial charge in [0.25, 0.3) is 5.91 Å². The van der Waals surface area contributed by atoms with E-state index in [-0.39, 0.29) is 5.91 Å². The van der Waals surface area contributed by atoms with E-state index in [1.54, 1.807) is 21.1 Å². The van der Waals surface area contributed by atoms with Crippen molar-refractivity contribution in [2.75, 3.05) is 18.6 Å². The lowest BCUT2D eigenvalue weighted by atomic mass is 10.2. The molecular weight excluding hydrogens is 352 g/mol. The van der Waals surface area contributed by atoms with Crippen molar-refractivity contribution in [3.8, 4) is 5.75 Å². The lowest BCUT2D eigenvalue weighted by Crippen LogP contribution is -2.31. The van der Waals surface area contributed by atoms with E-state index in [1.807, 2.05) is 50.4 Å². The number of ether oxygens (including phenoxy) is 1. The van der Waals surface area contributed by atoms with E-state index in [4.69, 9.17) is 17.0 Å². The highest BCUT2D eigenvalue weighted by atomic mass is 32.1. The molecule has 3 rings (SSSR count). The molecule has 130 valence electrons. The van der Waals surface area contributed by atoms with Gasteiger partial charge in [-0.05, 0) is 68.0 Å². The van der Waals surface area contributed by atoms with Crippen molar-refractivity contribution in [2.45, 2.75) is 20.3 Å². The summed E-state index contributed by atoms with van der Waals surface area (Å²) in [7, 11) is 1.83. The normalized spacial score (nSPS) is 16.2. The van der Waals surface area contributed by atoms with Crippen LogP contribution in [0, 0.1) is 0 Å². The summed E-state index contributed by atoms with van der Waals surface area (Å²) in [5.74, 6) is 0.668. The Kier molecular flexibility index (Phi) is 5.20. The number of thiophene rings is 1. The molecule has 0 unspecified atom stereocenters. The Morgan fingerprint density at radius 2 is 1.88 bits per heavy atom. The number of rotatable bonds is 5. The lowest BCUT2D eigenvalue weighted by Gasteiger charge is -2.16. The highest BCUT2D eigenvalue weighted by Gasteiger charge is 2.36. The molecule has 0 aliphatic carbocycles. The summed E-state index contributed by atoms with van der Waals surface area (Å²) in [5, 5.41) is 0.479. The Morgan fingerprint density at radius 1 is 1.16 bits per heavy atom. The minimum atomic E-state index is -0.108. The summed E-state index contributed by atoms with van der Waals surface area (Å²) in [5.41, 5.74) is 1.33. The van der Waals surface area contributed by atoms with Crippen LogP contribution in [0.2, 0.25) is 0 Å². The molecule has 2 aromatic rings. The van der Waals surface area contributed by atoms with Crippen molar-refractivity contribution in [1.82, 2.24) is 4.90 Å². The molecule has 0 radical (unpaired) electrons. The number of carbonyl (C=O) groups excluding carboxylic acids is 1. The average Bonchev–Trinajstić information content (AvgIpc) is 3.15. The first kappa shape index (κ1) is 17.6. The molecule has 6 heteroatoms. The number of likely N-dealkylation sites (N-methyl/N-ethyl adjacent to an activating group) is 1. The van der Waals surface area contributed by atoms with Crippen LogP contribution in [0.15, 0.2) is 42.1 Å². The van der Waals surface area contributed by atoms with Crippen molar-refractivity contribution in [1.29, 1.82) is 0 Å². The zero-order chi connectivity index (χ0) is 18.0. The van der Waals surface area contributed by atoms with E-state index in [9.17, 15) is 4.79 Å². The van der Waals surface area contributed by atoms with Crippen LogP contribution in [-0.2, 0) is 11.2 Å². The fraction of sp³-hybridized carbons (Fsp3) is 0.263. The van der Waals surface area contributed by atoms with Crippen LogP contribution in [-0.4, -0.2) is 29.6 Å². The second-order valence-corrected chi connectivity index (χ2v) is 7.16. The van der Waals surface area contributed by atoms with Gasteiger partial charge in [0.1, 0.15) is 11.4 Å². The molecule has 1 fully saturated rings. The quantitative estimate of drug-likeness (QED) is 0.578. The van der Waals surface area contributed by atoms with Gasteiger partial charge in [0, 0.05) is 16.8 Å². The standard InChI is InChI=1S/C19H20N2O2S2/c1-4-15-10-11-16(25-15)12-17-18(22)21(19(24)20(17)3)13-6-8-14(9-7-13)23-5-2/h6-12H,4-5H2,1-3H3/b17-12-. The molecule has 2 heterocycles. The third-order valence-electron chi connectivity index (χ3n) is 3.98. The second kappa shape index (κ2) is 7.37. The van der Waals surface area contributed by atoms with E-state index >= 15 is 0 Å². The van der Waals surface area contributed by atoms with Crippen LogP contribution in [0.3, 0.4) is 0 Å². The molecule has 0 saturated carbocycles. The minimum Gasteiger partial charge on any atom is -0.494 e. The summed E-state index contributed by atoms with van der Waals surface area (Å²) in [4.78, 5) is 18.6. The molecule has 1 aliphatic rings. The third kappa shape index (κ3) is 3.45. The van der Waals surface area contributed by atoms with Crippen molar-refractivity contribution in [3.05, 3.63) is 51.8 Å². The number of thiocarbonyl (C=S) groups is 1. The highest BCUT2D eigenvalue weighted by Crippen LogP contribution is 2.30. The average molecular weight is 373 g/mol. The van der Waals surface area contributed by atoms with Crippen LogP contribution >= 0.6 is 23.6 Å². The maximum absolute atomic E-state index is 12.9. The van der Waals surface area contributed by atoms with Gasteiger partial charge >= 0.3 is 0 Å². The Labute approximate surface area is 157 Å². The summed E-state index contributed by atoms with van der Waals surface area (Å²) in [6.07, 6.45) is 2.90. The minimum absolute atomic E-state index is 0.108. The molecule has 0 N–H and O–H groups in total. The first-order valence-corrected chi connectivity index (χ1v) is 9.43. The fourth-order valence-corrected chi connectivity index (χ4v) is 3.82. The number of anilines is 1. The Balaban J connectivity index is 1.89. The van der Waals surface area contributed by atoms with Crippen molar-refractivity contribution in [3.63, 3.8) is 0 Å². The topological polar surface area (TPSA) is 32.8 Å². The van der Waals surface area contributed by atoms with Crippen LogP contribution in [0.1, 0.15) is 23.6 Å². The molecule has 1 amide bonds. The van der Waals surface area contributed by atoms with E-state index in [0.29, 0.717) is 17.4 Å². The maximum atomic E-state index is 12.9. The largest absolute Gasteiger partial charge is 0.494 e. The Bertz CT molecular complexity index is 824. The number of amides is 1. The summed E-state index contributed by atoms with van der Waals surface area (Å²) >= 11 is 7.19. The van der Waals surface area contributed by atoms with Crippen molar-refractivity contribution >= 4 is 46.3 Å². The number of carbonyl (C=O) groups is 1. The molecule has 0 spiro atoms. The summed E-state index contributed by atoms with van der Waals surface area (Å²) in [6, 6.07) is 11.5. The van der Waals surface area contributed by atoms with Crippen LogP contribution in [0.4, 0.5) is 5.69 Å². The molecule has 0 bridgehead atoms. The van der Waals surface area contributed by atoms with Gasteiger partial charge < -0.3 is 9.64 Å². The molecule has 1 aromatic heterocycles. The van der Waals surface area contributed by atoms with Gasteiger partial charge in [-0.3, -0.25) is 9.69 Å². The highest BCUT2D eigenvalue weighted by molar-refractivity contribution is 7.80. The van der Waals surface area contributed by atoms with Gasteiger partial charge in [-0.15, -0.1) is 11.3 Å². The number of aryl methyl sites for hydroxylation is 1. The van der Waals surface area contributed by atoms with E-state index in [0.717, 1.165) is 22.7 Å².